The Morgan fingerprint density at radius 2 is 1.89 bits per heavy atom. The summed E-state index contributed by atoms with van der Waals surface area (Å²) < 4.78 is 13.9. The second kappa shape index (κ2) is 4.70. The van der Waals surface area contributed by atoms with Gasteiger partial charge in [-0.25, -0.2) is 0 Å². The molecule has 18 heavy (non-hydrogen) atoms. The maximum Gasteiger partial charge on any atom is 0.498 e. The largest absolute Gasteiger partial charge is 0.498 e. The van der Waals surface area contributed by atoms with Gasteiger partial charge in [-0.3, -0.25) is 4.68 Å². The van der Waals surface area contributed by atoms with Crippen LogP contribution in [0.2, 0.25) is 0 Å². The maximum absolute atomic E-state index is 5.98. The van der Waals surface area contributed by atoms with Gasteiger partial charge in [0.15, 0.2) is 0 Å². The summed E-state index contributed by atoms with van der Waals surface area (Å²) in [4.78, 5) is 0. The number of nitrogens with zero attached hydrogens (tertiary/aromatic N) is 2. The second-order valence-corrected chi connectivity index (χ2v) is 5.82. The first-order valence-electron chi connectivity index (χ1n) is 6.51. The van der Waals surface area contributed by atoms with Gasteiger partial charge in [-0.1, -0.05) is 6.92 Å². The molecule has 1 aliphatic rings. The average molecular weight is 249 g/mol. The first-order valence-corrected chi connectivity index (χ1v) is 6.51. The molecule has 5 heteroatoms. The minimum absolute atomic E-state index is 0.295. The summed E-state index contributed by atoms with van der Waals surface area (Å²) >= 11 is 0. The Balaban J connectivity index is 2.07. The molecular weight excluding hydrogens is 227 g/mol. The van der Waals surface area contributed by atoms with Crippen molar-refractivity contribution in [2.75, 3.05) is 0 Å². The van der Waals surface area contributed by atoms with Crippen molar-refractivity contribution < 1.29 is 9.31 Å². The standard InChI is InChI=1S/C13H22BN2O2/c1-6-7-8-16-10-11(9-15-16)14-17-12(2,3)13(4,5)18-14/h6,9-10H,7-8H2,1-5H3. The van der Waals surface area contributed by atoms with E-state index in [0.717, 1.165) is 18.4 Å². The van der Waals surface area contributed by atoms with E-state index in [1.54, 1.807) is 0 Å². The van der Waals surface area contributed by atoms with Gasteiger partial charge >= 0.3 is 7.12 Å². The topological polar surface area (TPSA) is 36.3 Å². The lowest BCUT2D eigenvalue weighted by Gasteiger charge is -2.32. The van der Waals surface area contributed by atoms with Crippen molar-refractivity contribution in [3.8, 4) is 0 Å². The van der Waals surface area contributed by atoms with Gasteiger partial charge < -0.3 is 9.31 Å². The molecule has 99 valence electrons. The van der Waals surface area contributed by atoms with Crippen LogP contribution in [-0.4, -0.2) is 28.1 Å². The van der Waals surface area contributed by atoms with Crippen molar-refractivity contribution in [2.45, 2.75) is 58.8 Å². The monoisotopic (exact) mass is 249 g/mol. The molecule has 1 aromatic rings. The van der Waals surface area contributed by atoms with Crippen LogP contribution >= 0.6 is 0 Å². The van der Waals surface area contributed by atoms with Crippen molar-refractivity contribution >= 4 is 12.6 Å². The first kappa shape index (κ1) is 13.6. The summed E-state index contributed by atoms with van der Waals surface area (Å²) in [6.45, 7) is 11.2. The highest BCUT2D eigenvalue weighted by molar-refractivity contribution is 6.61. The van der Waals surface area contributed by atoms with Crippen LogP contribution in [0.4, 0.5) is 0 Å². The van der Waals surface area contributed by atoms with Gasteiger partial charge in [-0.05, 0) is 40.5 Å². The minimum Gasteiger partial charge on any atom is -0.399 e. The summed E-state index contributed by atoms with van der Waals surface area (Å²) in [5, 5.41) is 4.33. The van der Waals surface area contributed by atoms with Crippen LogP contribution in [0.5, 0.6) is 0 Å². The van der Waals surface area contributed by atoms with E-state index in [-0.39, 0.29) is 18.3 Å². The zero-order valence-electron chi connectivity index (χ0n) is 11.9. The molecule has 1 fully saturated rings. The van der Waals surface area contributed by atoms with Crippen LogP contribution in [0.1, 0.15) is 41.0 Å². The van der Waals surface area contributed by atoms with Crippen LogP contribution in [0.15, 0.2) is 12.4 Å². The molecule has 1 aromatic heterocycles. The molecule has 0 bridgehead atoms. The highest BCUT2D eigenvalue weighted by atomic mass is 16.7. The van der Waals surface area contributed by atoms with Crippen LogP contribution in [0, 0.1) is 6.42 Å². The molecule has 1 radical (unpaired) electrons. The quantitative estimate of drug-likeness (QED) is 0.763. The summed E-state index contributed by atoms with van der Waals surface area (Å²) in [7, 11) is -0.311. The molecule has 4 nitrogen and oxygen atoms in total. The van der Waals surface area contributed by atoms with Crippen molar-refractivity contribution in [3.05, 3.63) is 18.8 Å². The fourth-order valence-corrected chi connectivity index (χ4v) is 1.86. The summed E-state index contributed by atoms with van der Waals surface area (Å²) in [6, 6.07) is 0. The average Bonchev–Trinajstić information content (AvgIpc) is 2.80. The minimum atomic E-state index is -0.311. The zero-order chi connectivity index (χ0) is 13.4. The molecule has 2 rings (SSSR count). The Morgan fingerprint density at radius 3 is 2.44 bits per heavy atom. The number of aromatic nitrogens is 2. The van der Waals surface area contributed by atoms with Crippen LogP contribution in [0.25, 0.3) is 0 Å². The van der Waals surface area contributed by atoms with Crippen molar-refractivity contribution in [1.29, 1.82) is 0 Å². The Labute approximate surface area is 110 Å². The van der Waals surface area contributed by atoms with E-state index < -0.39 is 0 Å². The number of rotatable bonds is 4. The first-order chi connectivity index (χ1) is 8.36. The van der Waals surface area contributed by atoms with Crippen LogP contribution in [-0.2, 0) is 15.9 Å². The summed E-state index contributed by atoms with van der Waals surface area (Å²) in [5.74, 6) is 0. The van der Waals surface area contributed by atoms with Gasteiger partial charge in [0.25, 0.3) is 0 Å². The third-order valence-electron chi connectivity index (χ3n) is 3.83. The highest BCUT2D eigenvalue weighted by Gasteiger charge is 2.52. The van der Waals surface area contributed by atoms with Crippen molar-refractivity contribution in [3.63, 3.8) is 0 Å². The molecule has 1 saturated heterocycles. The molecule has 0 atom stereocenters. The number of unbranched alkanes of at least 4 members (excludes halogenated alkanes) is 1. The van der Waals surface area contributed by atoms with E-state index in [2.05, 4.69) is 46.1 Å². The van der Waals surface area contributed by atoms with Crippen molar-refractivity contribution in [2.24, 2.45) is 0 Å². The van der Waals surface area contributed by atoms with E-state index in [9.17, 15) is 0 Å². The molecule has 0 amide bonds. The van der Waals surface area contributed by atoms with Gasteiger partial charge in [0.2, 0.25) is 0 Å². The molecule has 1 aliphatic heterocycles. The molecule has 0 N–H and O–H groups in total. The molecule has 0 spiro atoms. The lowest BCUT2D eigenvalue weighted by molar-refractivity contribution is 0.00578. The number of hydrogen-bond donors (Lipinski definition) is 0. The Bertz CT molecular complexity index is 399. The van der Waals surface area contributed by atoms with Crippen LogP contribution < -0.4 is 5.46 Å². The van der Waals surface area contributed by atoms with E-state index in [1.165, 1.54) is 0 Å². The third-order valence-corrected chi connectivity index (χ3v) is 3.83. The Hall–Kier alpha value is -0.805. The fourth-order valence-electron chi connectivity index (χ4n) is 1.86. The molecule has 0 aromatic carbocycles. The normalized spacial score (nSPS) is 21.5. The second-order valence-electron chi connectivity index (χ2n) is 5.82. The molecule has 0 saturated carbocycles. The lowest BCUT2D eigenvalue weighted by Crippen LogP contribution is -2.41. The van der Waals surface area contributed by atoms with Crippen molar-refractivity contribution in [1.82, 2.24) is 9.78 Å². The maximum atomic E-state index is 5.98. The predicted octanol–water partition coefficient (Wildman–Crippen LogP) is 1.80. The Morgan fingerprint density at radius 1 is 1.28 bits per heavy atom. The van der Waals surface area contributed by atoms with E-state index in [4.69, 9.17) is 9.31 Å². The van der Waals surface area contributed by atoms with Gasteiger partial charge in [0, 0.05) is 24.4 Å². The van der Waals surface area contributed by atoms with Gasteiger partial charge in [0.05, 0.1) is 11.2 Å². The predicted molar refractivity (Wildman–Crippen MR) is 72.5 cm³/mol. The fraction of sp³-hybridized carbons (Fsp3) is 0.692. The third kappa shape index (κ3) is 2.47. The van der Waals surface area contributed by atoms with E-state index in [1.807, 2.05) is 17.1 Å². The number of hydrogen-bond acceptors (Lipinski definition) is 3. The molecule has 0 aliphatic carbocycles. The lowest BCUT2D eigenvalue weighted by atomic mass is 9.82. The summed E-state index contributed by atoms with van der Waals surface area (Å²) in [6.07, 6.45) is 6.99. The van der Waals surface area contributed by atoms with Gasteiger partial charge in [-0.2, -0.15) is 5.10 Å². The molecule has 0 unspecified atom stereocenters. The Kier molecular flexibility index (Phi) is 3.56. The SMILES string of the molecule is C[CH]CCn1cc(B2OC(C)(C)C(C)(C)O2)cn1. The van der Waals surface area contributed by atoms with Gasteiger partial charge in [-0.15, -0.1) is 0 Å². The zero-order valence-corrected chi connectivity index (χ0v) is 11.9. The summed E-state index contributed by atoms with van der Waals surface area (Å²) in [5.41, 5.74) is 0.401. The van der Waals surface area contributed by atoms with E-state index >= 15 is 0 Å². The molecule has 2 heterocycles. The van der Waals surface area contributed by atoms with E-state index in [0.29, 0.717) is 0 Å². The van der Waals surface area contributed by atoms with Crippen LogP contribution in [0.3, 0.4) is 0 Å². The highest BCUT2D eigenvalue weighted by Crippen LogP contribution is 2.36. The smallest absolute Gasteiger partial charge is 0.399 e. The number of aryl methyl sites for hydroxylation is 1. The van der Waals surface area contributed by atoms with Gasteiger partial charge in [0.1, 0.15) is 0 Å². The molecular formula is C13H22BN2O2.